The van der Waals surface area contributed by atoms with E-state index in [-0.39, 0.29) is 18.0 Å². The van der Waals surface area contributed by atoms with Crippen molar-refractivity contribution in [1.82, 2.24) is 9.78 Å². The molecular formula is C18H19N3O2. The zero-order valence-electron chi connectivity index (χ0n) is 12.9. The Kier molecular flexibility index (Phi) is 3.48. The Bertz CT molecular complexity index is 808. The number of amides is 1. The molecule has 23 heavy (non-hydrogen) atoms. The van der Waals surface area contributed by atoms with Crippen LogP contribution in [0.2, 0.25) is 0 Å². The standard InChI is InChI=1S/C18H19N3O2/c22-17-10-9-15(13-7-8-13)19-21(17)12-18(23)20-11-3-5-14-4-1-2-6-16(14)20/h1-2,4,6,9-10,13H,3,5,7-8,11-12H2. The van der Waals surface area contributed by atoms with Crippen LogP contribution in [-0.4, -0.2) is 22.2 Å². The molecule has 5 heteroatoms. The van der Waals surface area contributed by atoms with Gasteiger partial charge in [0.2, 0.25) is 5.91 Å². The van der Waals surface area contributed by atoms with Crippen LogP contribution in [0.3, 0.4) is 0 Å². The highest BCUT2D eigenvalue weighted by Gasteiger charge is 2.27. The molecule has 0 atom stereocenters. The molecule has 2 aliphatic rings. The molecule has 118 valence electrons. The average Bonchev–Trinajstić information content (AvgIpc) is 3.41. The molecule has 0 unspecified atom stereocenters. The maximum absolute atomic E-state index is 12.7. The van der Waals surface area contributed by atoms with Gasteiger partial charge in [-0.15, -0.1) is 0 Å². The van der Waals surface area contributed by atoms with E-state index < -0.39 is 0 Å². The number of benzene rings is 1. The first-order valence-corrected chi connectivity index (χ1v) is 8.19. The topological polar surface area (TPSA) is 55.2 Å². The second kappa shape index (κ2) is 5.65. The van der Waals surface area contributed by atoms with Gasteiger partial charge in [-0.25, -0.2) is 4.68 Å². The molecule has 1 amide bonds. The third kappa shape index (κ3) is 2.79. The summed E-state index contributed by atoms with van der Waals surface area (Å²) in [5.74, 6) is 0.396. The zero-order chi connectivity index (χ0) is 15.8. The fourth-order valence-electron chi connectivity index (χ4n) is 3.18. The number of hydrogen-bond donors (Lipinski definition) is 0. The number of carbonyl (C=O) groups excluding carboxylic acids is 1. The minimum Gasteiger partial charge on any atom is -0.311 e. The average molecular weight is 309 g/mol. The van der Waals surface area contributed by atoms with E-state index in [0.29, 0.717) is 12.5 Å². The molecule has 1 fully saturated rings. The van der Waals surface area contributed by atoms with Gasteiger partial charge in [-0.2, -0.15) is 5.10 Å². The zero-order valence-corrected chi connectivity index (χ0v) is 12.9. The Labute approximate surface area is 134 Å². The smallest absolute Gasteiger partial charge is 0.267 e. The molecule has 0 radical (unpaired) electrons. The lowest BCUT2D eigenvalue weighted by Crippen LogP contribution is -2.40. The normalized spacial score (nSPS) is 17.0. The third-order valence-corrected chi connectivity index (χ3v) is 4.58. The van der Waals surface area contributed by atoms with Crippen LogP contribution in [-0.2, 0) is 17.8 Å². The van der Waals surface area contributed by atoms with E-state index in [0.717, 1.165) is 37.1 Å². The molecule has 1 aliphatic heterocycles. The minimum atomic E-state index is -0.215. The van der Waals surface area contributed by atoms with Crippen molar-refractivity contribution in [2.24, 2.45) is 0 Å². The van der Waals surface area contributed by atoms with E-state index in [1.54, 1.807) is 11.0 Å². The summed E-state index contributed by atoms with van der Waals surface area (Å²) >= 11 is 0. The highest BCUT2D eigenvalue weighted by atomic mass is 16.2. The number of rotatable bonds is 3. The lowest BCUT2D eigenvalue weighted by molar-refractivity contribution is -0.119. The van der Waals surface area contributed by atoms with E-state index in [1.807, 2.05) is 18.2 Å². The fourth-order valence-corrected chi connectivity index (χ4v) is 3.18. The first-order chi connectivity index (χ1) is 11.2. The number of fused-ring (bicyclic) bond motifs is 1. The van der Waals surface area contributed by atoms with E-state index >= 15 is 0 Å². The predicted octanol–water partition coefficient (Wildman–Crippen LogP) is 2.10. The van der Waals surface area contributed by atoms with Gasteiger partial charge in [0.25, 0.3) is 5.56 Å². The molecule has 0 spiro atoms. The van der Waals surface area contributed by atoms with Crippen LogP contribution < -0.4 is 10.5 Å². The lowest BCUT2D eigenvalue weighted by Gasteiger charge is -2.29. The SMILES string of the molecule is O=C(Cn1nc(C2CC2)ccc1=O)N1CCCc2ccccc21. The summed E-state index contributed by atoms with van der Waals surface area (Å²) in [6.07, 6.45) is 4.19. The number of aryl methyl sites for hydroxylation is 1. The van der Waals surface area contributed by atoms with Gasteiger partial charge in [0.1, 0.15) is 6.54 Å². The van der Waals surface area contributed by atoms with Crippen LogP contribution in [0.5, 0.6) is 0 Å². The van der Waals surface area contributed by atoms with Gasteiger partial charge in [0.05, 0.1) is 5.69 Å². The van der Waals surface area contributed by atoms with Gasteiger partial charge >= 0.3 is 0 Å². The molecule has 5 nitrogen and oxygen atoms in total. The Morgan fingerprint density at radius 2 is 2.00 bits per heavy atom. The Morgan fingerprint density at radius 1 is 1.17 bits per heavy atom. The summed E-state index contributed by atoms with van der Waals surface area (Å²) in [5.41, 5.74) is 2.87. The first-order valence-electron chi connectivity index (χ1n) is 8.19. The molecule has 1 aromatic heterocycles. The van der Waals surface area contributed by atoms with Crippen molar-refractivity contribution in [1.29, 1.82) is 0 Å². The molecule has 2 aromatic rings. The first kappa shape index (κ1) is 14.2. The summed E-state index contributed by atoms with van der Waals surface area (Å²) in [7, 11) is 0. The van der Waals surface area contributed by atoms with Gasteiger partial charge in [0.15, 0.2) is 0 Å². The molecule has 0 saturated heterocycles. The summed E-state index contributed by atoms with van der Waals surface area (Å²) in [4.78, 5) is 26.5. The Balaban J connectivity index is 1.59. The summed E-state index contributed by atoms with van der Waals surface area (Å²) in [5, 5.41) is 4.38. The fraction of sp³-hybridized carbons (Fsp3) is 0.389. The largest absolute Gasteiger partial charge is 0.311 e. The number of nitrogens with zero attached hydrogens (tertiary/aromatic N) is 3. The molecular weight excluding hydrogens is 290 g/mol. The van der Waals surface area contributed by atoms with Crippen molar-refractivity contribution in [2.75, 3.05) is 11.4 Å². The maximum Gasteiger partial charge on any atom is 0.267 e. The number of hydrogen-bond acceptors (Lipinski definition) is 3. The van der Waals surface area contributed by atoms with Crippen LogP contribution in [0.4, 0.5) is 5.69 Å². The molecule has 4 rings (SSSR count). The van der Waals surface area contributed by atoms with E-state index in [9.17, 15) is 9.59 Å². The number of carbonyl (C=O) groups is 1. The van der Waals surface area contributed by atoms with Gasteiger partial charge in [-0.3, -0.25) is 9.59 Å². The monoisotopic (exact) mass is 309 g/mol. The van der Waals surface area contributed by atoms with Crippen molar-refractivity contribution in [3.8, 4) is 0 Å². The molecule has 1 aliphatic carbocycles. The van der Waals surface area contributed by atoms with Gasteiger partial charge in [0, 0.05) is 24.2 Å². The van der Waals surface area contributed by atoms with E-state index in [4.69, 9.17) is 0 Å². The number of anilines is 1. The quantitative estimate of drug-likeness (QED) is 0.872. The minimum absolute atomic E-state index is 0.00767. The van der Waals surface area contributed by atoms with Crippen LogP contribution in [0, 0.1) is 0 Å². The van der Waals surface area contributed by atoms with Crippen LogP contribution in [0.1, 0.15) is 36.4 Å². The van der Waals surface area contributed by atoms with Crippen molar-refractivity contribution in [2.45, 2.75) is 38.1 Å². The van der Waals surface area contributed by atoms with Crippen molar-refractivity contribution < 1.29 is 4.79 Å². The van der Waals surface area contributed by atoms with Crippen molar-refractivity contribution in [3.05, 3.63) is 58.0 Å². The Morgan fingerprint density at radius 3 is 2.83 bits per heavy atom. The third-order valence-electron chi connectivity index (χ3n) is 4.58. The molecule has 1 saturated carbocycles. The van der Waals surface area contributed by atoms with Crippen LogP contribution in [0.15, 0.2) is 41.2 Å². The van der Waals surface area contributed by atoms with Crippen molar-refractivity contribution >= 4 is 11.6 Å². The summed E-state index contributed by atoms with van der Waals surface area (Å²) < 4.78 is 1.31. The van der Waals surface area contributed by atoms with E-state index in [2.05, 4.69) is 11.2 Å². The second-order valence-electron chi connectivity index (χ2n) is 6.31. The molecule has 1 aromatic carbocycles. The van der Waals surface area contributed by atoms with Gasteiger partial charge < -0.3 is 4.90 Å². The molecule has 2 heterocycles. The Hall–Kier alpha value is -2.43. The highest BCUT2D eigenvalue weighted by molar-refractivity contribution is 5.94. The van der Waals surface area contributed by atoms with Crippen molar-refractivity contribution in [3.63, 3.8) is 0 Å². The maximum atomic E-state index is 12.7. The number of para-hydroxylation sites is 1. The highest BCUT2D eigenvalue weighted by Crippen LogP contribution is 2.38. The summed E-state index contributed by atoms with van der Waals surface area (Å²) in [6, 6.07) is 11.3. The number of aromatic nitrogens is 2. The predicted molar refractivity (Wildman–Crippen MR) is 87.6 cm³/mol. The van der Waals surface area contributed by atoms with Gasteiger partial charge in [-0.1, -0.05) is 18.2 Å². The lowest BCUT2D eigenvalue weighted by atomic mass is 10.0. The van der Waals surface area contributed by atoms with Crippen LogP contribution >= 0.6 is 0 Å². The van der Waals surface area contributed by atoms with E-state index in [1.165, 1.54) is 16.3 Å². The molecule has 0 N–H and O–H groups in total. The second-order valence-corrected chi connectivity index (χ2v) is 6.31. The van der Waals surface area contributed by atoms with Gasteiger partial charge in [-0.05, 0) is 43.4 Å². The summed E-state index contributed by atoms with van der Waals surface area (Å²) in [6.45, 7) is 0.709. The molecule has 0 bridgehead atoms. The van der Waals surface area contributed by atoms with Crippen LogP contribution in [0.25, 0.3) is 0 Å².